The third-order valence-corrected chi connectivity index (χ3v) is 4.98. The van der Waals surface area contributed by atoms with Crippen molar-refractivity contribution >= 4 is 18.3 Å². The molecule has 0 atom stereocenters. The van der Waals surface area contributed by atoms with Crippen molar-refractivity contribution in [1.82, 2.24) is 0 Å². The molecule has 0 bridgehead atoms. The Labute approximate surface area is 85.2 Å². The monoisotopic (exact) mass is 220 g/mol. The first-order valence-electron chi connectivity index (χ1n) is 5.04. The molecule has 2 aliphatic rings. The third kappa shape index (κ3) is 2.53. The van der Waals surface area contributed by atoms with Gasteiger partial charge in [0.2, 0.25) is 0 Å². The minimum atomic E-state index is -1.83. The zero-order valence-corrected chi connectivity index (χ0v) is 9.78. The van der Waals surface area contributed by atoms with Gasteiger partial charge in [-0.25, -0.2) is 0 Å². The molecule has 2 fully saturated rings. The van der Waals surface area contributed by atoms with Gasteiger partial charge < -0.3 is 9.05 Å². The van der Waals surface area contributed by atoms with E-state index in [1.807, 2.05) is 6.66 Å². The van der Waals surface area contributed by atoms with Gasteiger partial charge in [-0.05, 0) is 17.7 Å². The molecule has 0 aromatic heterocycles. The summed E-state index contributed by atoms with van der Waals surface area (Å²) in [5.41, 5.74) is 0. The van der Waals surface area contributed by atoms with Crippen molar-refractivity contribution in [2.24, 2.45) is 11.8 Å². The van der Waals surface area contributed by atoms with Crippen LogP contribution in [0.25, 0.3) is 0 Å². The first-order chi connectivity index (χ1) is 6.17. The lowest BCUT2D eigenvalue weighted by atomic mass is 9.92. The van der Waals surface area contributed by atoms with E-state index in [0.717, 1.165) is 19.1 Å². The molecule has 2 rings (SSSR count). The van der Waals surface area contributed by atoms with Gasteiger partial charge in [0.15, 0.2) is 6.49 Å². The maximum Gasteiger partial charge on any atom is 0.185 e. The van der Waals surface area contributed by atoms with Crippen LogP contribution in [-0.2, 0) is 20.9 Å². The molecule has 76 valence electrons. The molecule has 1 aliphatic carbocycles. The van der Waals surface area contributed by atoms with Gasteiger partial charge in [-0.1, -0.05) is 25.7 Å². The molecule has 13 heavy (non-hydrogen) atoms. The minimum Gasteiger partial charge on any atom is -0.329 e. The average molecular weight is 220 g/mol. The minimum absolute atomic E-state index is 0.624. The molecule has 0 radical (unpaired) electrons. The maximum atomic E-state index is 5.59. The van der Waals surface area contributed by atoms with Gasteiger partial charge in [-0.3, -0.25) is 0 Å². The molecular formula is C9H17O2PS. The molecule has 4 heteroatoms. The molecule has 0 spiro atoms. The highest BCUT2D eigenvalue weighted by Crippen LogP contribution is 2.50. The normalized spacial score (nSPS) is 42.4. The molecule has 0 aromatic rings. The highest BCUT2D eigenvalue weighted by Gasteiger charge is 2.31. The first-order valence-corrected chi connectivity index (χ1v) is 8.12. The molecule has 1 saturated carbocycles. The largest absolute Gasteiger partial charge is 0.329 e. The second-order valence-electron chi connectivity index (χ2n) is 4.17. The standard InChI is InChI=1S/C9H17O2PS/c1-12(13)10-6-9(7-11-12)8-4-2-3-5-8/h8-9H,2-7H2,1H3. The average Bonchev–Trinajstić information content (AvgIpc) is 2.56. The summed E-state index contributed by atoms with van der Waals surface area (Å²) in [4.78, 5) is 0. The Balaban J connectivity index is 1.87. The lowest BCUT2D eigenvalue weighted by molar-refractivity contribution is 0.0842. The second kappa shape index (κ2) is 3.98. The van der Waals surface area contributed by atoms with E-state index in [4.69, 9.17) is 20.9 Å². The molecule has 2 nitrogen and oxygen atoms in total. The van der Waals surface area contributed by atoms with Gasteiger partial charge in [0.25, 0.3) is 0 Å². The molecule has 0 amide bonds. The lowest BCUT2D eigenvalue weighted by Crippen LogP contribution is -2.26. The fourth-order valence-corrected chi connectivity index (χ4v) is 3.61. The predicted octanol–water partition coefficient (Wildman–Crippen LogP) is 2.78. The zero-order valence-electron chi connectivity index (χ0n) is 8.07. The summed E-state index contributed by atoms with van der Waals surface area (Å²) in [5, 5.41) is 0. The highest BCUT2D eigenvalue weighted by atomic mass is 32.5. The quantitative estimate of drug-likeness (QED) is 0.633. The summed E-state index contributed by atoms with van der Waals surface area (Å²) in [5.74, 6) is 1.47. The summed E-state index contributed by atoms with van der Waals surface area (Å²) in [6, 6.07) is 0. The van der Waals surface area contributed by atoms with Gasteiger partial charge in [0.1, 0.15) is 0 Å². The summed E-state index contributed by atoms with van der Waals surface area (Å²) >= 11 is 5.19. The third-order valence-electron chi connectivity index (χ3n) is 3.11. The molecule has 0 unspecified atom stereocenters. The van der Waals surface area contributed by atoms with Crippen molar-refractivity contribution in [1.29, 1.82) is 0 Å². The van der Waals surface area contributed by atoms with Crippen LogP contribution in [0.2, 0.25) is 0 Å². The van der Waals surface area contributed by atoms with E-state index < -0.39 is 6.49 Å². The van der Waals surface area contributed by atoms with Crippen molar-refractivity contribution in [2.45, 2.75) is 25.7 Å². The van der Waals surface area contributed by atoms with Crippen LogP contribution < -0.4 is 0 Å². The van der Waals surface area contributed by atoms with Gasteiger partial charge in [-0.2, -0.15) is 0 Å². The number of hydrogen-bond acceptors (Lipinski definition) is 3. The number of hydrogen-bond donors (Lipinski definition) is 0. The van der Waals surface area contributed by atoms with Gasteiger partial charge >= 0.3 is 0 Å². The Bertz CT molecular complexity index is 214. The summed E-state index contributed by atoms with van der Waals surface area (Å²) in [6.45, 7) is 1.78. The van der Waals surface area contributed by atoms with E-state index in [0.29, 0.717) is 5.92 Å². The maximum absolute atomic E-state index is 5.59. The van der Waals surface area contributed by atoms with E-state index in [9.17, 15) is 0 Å². The fraction of sp³-hybridized carbons (Fsp3) is 1.00. The second-order valence-corrected chi connectivity index (χ2v) is 8.22. The Kier molecular flexibility index (Phi) is 3.09. The summed E-state index contributed by atoms with van der Waals surface area (Å²) in [7, 11) is 0. The SMILES string of the molecule is CP1(=S)OCC(C2CCCC2)CO1. The van der Waals surface area contributed by atoms with Gasteiger partial charge in [-0.15, -0.1) is 0 Å². The topological polar surface area (TPSA) is 18.5 Å². The van der Waals surface area contributed by atoms with E-state index in [1.54, 1.807) is 0 Å². The van der Waals surface area contributed by atoms with E-state index in [2.05, 4.69) is 0 Å². The van der Waals surface area contributed by atoms with Crippen molar-refractivity contribution < 1.29 is 9.05 Å². The Hall–Kier alpha value is 0.570. The number of rotatable bonds is 1. The molecule has 0 N–H and O–H groups in total. The highest BCUT2D eigenvalue weighted by molar-refractivity contribution is 8.09. The molecule has 1 heterocycles. The van der Waals surface area contributed by atoms with E-state index >= 15 is 0 Å². The van der Waals surface area contributed by atoms with Crippen LogP contribution in [0.4, 0.5) is 0 Å². The van der Waals surface area contributed by atoms with Crippen LogP contribution in [-0.4, -0.2) is 19.9 Å². The van der Waals surface area contributed by atoms with Crippen LogP contribution in [0.3, 0.4) is 0 Å². The van der Waals surface area contributed by atoms with Crippen LogP contribution in [0.15, 0.2) is 0 Å². The Morgan fingerprint density at radius 1 is 1.08 bits per heavy atom. The molecule has 0 aromatic carbocycles. The van der Waals surface area contributed by atoms with Crippen molar-refractivity contribution in [3.63, 3.8) is 0 Å². The summed E-state index contributed by atoms with van der Waals surface area (Å²) in [6.07, 6.45) is 5.51. The lowest BCUT2D eigenvalue weighted by Gasteiger charge is -2.32. The van der Waals surface area contributed by atoms with Crippen LogP contribution in [0.5, 0.6) is 0 Å². The van der Waals surface area contributed by atoms with Crippen molar-refractivity contribution in [2.75, 3.05) is 19.9 Å². The van der Waals surface area contributed by atoms with Crippen LogP contribution in [0.1, 0.15) is 25.7 Å². The summed E-state index contributed by atoms with van der Waals surface area (Å²) < 4.78 is 11.2. The molecular weight excluding hydrogens is 203 g/mol. The Morgan fingerprint density at radius 2 is 1.62 bits per heavy atom. The smallest absolute Gasteiger partial charge is 0.185 e. The molecule has 1 saturated heterocycles. The van der Waals surface area contributed by atoms with Crippen LogP contribution >= 0.6 is 6.49 Å². The zero-order chi connectivity index (χ0) is 9.31. The van der Waals surface area contributed by atoms with Crippen LogP contribution in [0, 0.1) is 11.8 Å². The van der Waals surface area contributed by atoms with Gasteiger partial charge in [0.05, 0.1) is 13.2 Å². The van der Waals surface area contributed by atoms with Gasteiger partial charge in [0, 0.05) is 12.6 Å². The predicted molar refractivity (Wildman–Crippen MR) is 57.6 cm³/mol. The van der Waals surface area contributed by atoms with E-state index in [1.165, 1.54) is 25.7 Å². The van der Waals surface area contributed by atoms with Crippen molar-refractivity contribution in [3.05, 3.63) is 0 Å². The van der Waals surface area contributed by atoms with Crippen molar-refractivity contribution in [3.8, 4) is 0 Å². The fourth-order valence-electron chi connectivity index (χ4n) is 2.25. The first kappa shape index (κ1) is 10.1. The Morgan fingerprint density at radius 3 is 2.15 bits per heavy atom. The molecule has 1 aliphatic heterocycles. The van der Waals surface area contributed by atoms with E-state index in [-0.39, 0.29) is 0 Å².